The van der Waals surface area contributed by atoms with Crippen molar-refractivity contribution in [3.05, 3.63) is 34.9 Å². The Kier molecular flexibility index (Phi) is 3.40. The number of rotatable bonds is 3. The van der Waals surface area contributed by atoms with Gasteiger partial charge < -0.3 is 10.2 Å². The van der Waals surface area contributed by atoms with E-state index in [0.29, 0.717) is 17.3 Å². The molecule has 0 fully saturated rings. The molecule has 0 amide bonds. The molecule has 1 heterocycles. The topological polar surface area (TPSA) is 64.9 Å². The van der Waals surface area contributed by atoms with Crippen molar-refractivity contribution in [2.75, 3.05) is 0 Å². The molecule has 0 bridgehead atoms. The van der Waals surface area contributed by atoms with Crippen LogP contribution in [-0.2, 0) is 0 Å². The Labute approximate surface area is 103 Å². The Balaban J connectivity index is 2.40. The predicted molar refractivity (Wildman–Crippen MR) is 61.9 cm³/mol. The monoisotopic (exact) mass is 255 g/mol. The van der Waals surface area contributed by atoms with Crippen molar-refractivity contribution in [3.63, 3.8) is 0 Å². The second kappa shape index (κ2) is 4.81. The van der Waals surface area contributed by atoms with Gasteiger partial charge >= 0.3 is 0 Å². The van der Waals surface area contributed by atoms with Crippen molar-refractivity contribution < 1.29 is 8.81 Å². The molecule has 0 aliphatic rings. The summed E-state index contributed by atoms with van der Waals surface area (Å²) in [5, 5.41) is 7.95. The van der Waals surface area contributed by atoms with E-state index in [2.05, 4.69) is 10.2 Å². The van der Waals surface area contributed by atoms with Crippen LogP contribution in [0.25, 0.3) is 11.5 Å². The molecule has 0 spiro atoms. The average Bonchev–Trinajstić information content (AvgIpc) is 2.80. The minimum Gasteiger partial charge on any atom is -0.419 e. The van der Waals surface area contributed by atoms with E-state index in [4.69, 9.17) is 21.8 Å². The molecule has 0 saturated carbocycles. The van der Waals surface area contributed by atoms with Crippen molar-refractivity contribution in [1.29, 1.82) is 0 Å². The van der Waals surface area contributed by atoms with E-state index >= 15 is 0 Å². The first-order chi connectivity index (χ1) is 8.11. The van der Waals surface area contributed by atoms with Gasteiger partial charge in [-0.25, -0.2) is 4.39 Å². The van der Waals surface area contributed by atoms with Crippen LogP contribution in [-0.4, -0.2) is 10.2 Å². The molecule has 0 saturated heterocycles. The van der Waals surface area contributed by atoms with Crippen LogP contribution in [0.1, 0.15) is 25.3 Å². The standard InChI is InChI=1S/C11H11ClFN3O/c1-2-9(14)11-16-15-10(17-11)7-5-6(12)3-4-8(7)13/h3-5,9H,2,14H2,1H3. The molecule has 1 atom stereocenters. The fourth-order valence-electron chi connectivity index (χ4n) is 1.33. The summed E-state index contributed by atoms with van der Waals surface area (Å²) in [5.74, 6) is -0.0829. The summed E-state index contributed by atoms with van der Waals surface area (Å²) in [4.78, 5) is 0. The Morgan fingerprint density at radius 3 is 2.94 bits per heavy atom. The highest BCUT2D eigenvalue weighted by Gasteiger charge is 2.16. The normalized spacial score (nSPS) is 12.7. The fourth-order valence-corrected chi connectivity index (χ4v) is 1.50. The first-order valence-corrected chi connectivity index (χ1v) is 5.54. The molecule has 2 rings (SSSR count). The van der Waals surface area contributed by atoms with Crippen LogP contribution in [0.3, 0.4) is 0 Å². The Morgan fingerprint density at radius 1 is 1.47 bits per heavy atom. The highest BCUT2D eigenvalue weighted by atomic mass is 35.5. The van der Waals surface area contributed by atoms with Gasteiger partial charge in [-0.3, -0.25) is 0 Å². The number of nitrogens with zero attached hydrogens (tertiary/aromatic N) is 2. The van der Waals surface area contributed by atoms with Crippen LogP contribution in [0.5, 0.6) is 0 Å². The van der Waals surface area contributed by atoms with Crippen LogP contribution in [0.4, 0.5) is 4.39 Å². The third-order valence-corrected chi connectivity index (χ3v) is 2.59. The molecule has 0 aliphatic heterocycles. The molecule has 4 nitrogen and oxygen atoms in total. The van der Waals surface area contributed by atoms with Gasteiger partial charge in [-0.2, -0.15) is 0 Å². The lowest BCUT2D eigenvalue weighted by Gasteiger charge is -2.01. The maximum Gasteiger partial charge on any atom is 0.250 e. The summed E-state index contributed by atoms with van der Waals surface area (Å²) < 4.78 is 18.8. The summed E-state index contributed by atoms with van der Waals surface area (Å²) in [6.45, 7) is 1.90. The Bertz CT molecular complexity index is 529. The zero-order valence-corrected chi connectivity index (χ0v) is 9.91. The third-order valence-electron chi connectivity index (χ3n) is 2.36. The molecule has 2 aromatic rings. The Morgan fingerprint density at radius 2 is 2.24 bits per heavy atom. The number of hydrogen-bond donors (Lipinski definition) is 1. The lowest BCUT2D eigenvalue weighted by atomic mass is 10.2. The van der Waals surface area contributed by atoms with Crippen molar-refractivity contribution in [1.82, 2.24) is 10.2 Å². The van der Waals surface area contributed by atoms with Gasteiger partial charge in [0.2, 0.25) is 5.89 Å². The average molecular weight is 256 g/mol. The molecular weight excluding hydrogens is 245 g/mol. The summed E-state index contributed by atoms with van der Waals surface area (Å²) in [6.07, 6.45) is 0.666. The first kappa shape index (κ1) is 12.0. The molecule has 2 N–H and O–H groups in total. The van der Waals surface area contributed by atoms with Crippen molar-refractivity contribution in [2.24, 2.45) is 5.73 Å². The van der Waals surface area contributed by atoms with Gasteiger partial charge in [-0.1, -0.05) is 18.5 Å². The van der Waals surface area contributed by atoms with E-state index in [1.54, 1.807) is 0 Å². The minimum atomic E-state index is -0.463. The SMILES string of the molecule is CCC(N)c1nnc(-c2cc(Cl)ccc2F)o1. The lowest BCUT2D eigenvalue weighted by molar-refractivity contribution is 0.450. The van der Waals surface area contributed by atoms with E-state index in [1.807, 2.05) is 6.92 Å². The lowest BCUT2D eigenvalue weighted by Crippen LogP contribution is -2.08. The number of hydrogen-bond acceptors (Lipinski definition) is 4. The number of benzene rings is 1. The molecule has 17 heavy (non-hydrogen) atoms. The van der Waals surface area contributed by atoms with Gasteiger partial charge in [0.1, 0.15) is 5.82 Å². The second-order valence-electron chi connectivity index (χ2n) is 3.58. The maximum atomic E-state index is 13.5. The quantitative estimate of drug-likeness (QED) is 0.916. The minimum absolute atomic E-state index is 0.0869. The van der Waals surface area contributed by atoms with Crippen LogP contribution in [0, 0.1) is 5.82 Å². The van der Waals surface area contributed by atoms with Gasteiger partial charge in [-0.05, 0) is 24.6 Å². The van der Waals surface area contributed by atoms with Gasteiger partial charge in [0.25, 0.3) is 5.89 Å². The predicted octanol–water partition coefficient (Wildman–Crippen LogP) is 2.94. The fraction of sp³-hybridized carbons (Fsp3) is 0.273. The van der Waals surface area contributed by atoms with Crippen LogP contribution in [0.15, 0.2) is 22.6 Å². The molecule has 1 aromatic heterocycles. The van der Waals surface area contributed by atoms with E-state index < -0.39 is 5.82 Å². The second-order valence-corrected chi connectivity index (χ2v) is 4.02. The van der Waals surface area contributed by atoms with E-state index in [9.17, 15) is 4.39 Å². The van der Waals surface area contributed by atoms with Crippen molar-refractivity contribution in [2.45, 2.75) is 19.4 Å². The van der Waals surface area contributed by atoms with Gasteiger partial charge in [-0.15, -0.1) is 10.2 Å². The van der Waals surface area contributed by atoms with Crippen molar-refractivity contribution in [3.8, 4) is 11.5 Å². The van der Waals surface area contributed by atoms with Gasteiger partial charge in [0.15, 0.2) is 0 Å². The molecule has 0 aliphatic carbocycles. The molecule has 0 radical (unpaired) electrons. The molecule has 6 heteroatoms. The molecule has 1 unspecified atom stereocenters. The summed E-state index contributed by atoms with van der Waals surface area (Å²) in [5.41, 5.74) is 5.92. The zero-order valence-electron chi connectivity index (χ0n) is 9.15. The molecule has 90 valence electrons. The summed E-state index contributed by atoms with van der Waals surface area (Å²) in [6, 6.07) is 3.81. The van der Waals surface area contributed by atoms with Gasteiger partial charge in [0, 0.05) is 5.02 Å². The highest BCUT2D eigenvalue weighted by molar-refractivity contribution is 6.30. The number of aromatic nitrogens is 2. The third kappa shape index (κ3) is 2.45. The number of nitrogens with two attached hydrogens (primary N) is 1. The summed E-state index contributed by atoms with van der Waals surface area (Å²) in [7, 11) is 0. The van der Waals surface area contributed by atoms with Crippen LogP contribution in [0.2, 0.25) is 5.02 Å². The largest absolute Gasteiger partial charge is 0.419 e. The first-order valence-electron chi connectivity index (χ1n) is 5.16. The summed E-state index contributed by atoms with van der Waals surface area (Å²) >= 11 is 5.78. The van der Waals surface area contributed by atoms with Crippen LogP contribution >= 0.6 is 11.6 Å². The zero-order chi connectivity index (χ0) is 12.4. The van der Waals surface area contributed by atoms with E-state index in [-0.39, 0.29) is 17.5 Å². The smallest absolute Gasteiger partial charge is 0.250 e. The van der Waals surface area contributed by atoms with E-state index in [0.717, 1.165) is 0 Å². The van der Waals surface area contributed by atoms with Crippen LogP contribution < -0.4 is 5.73 Å². The maximum absolute atomic E-state index is 13.5. The van der Waals surface area contributed by atoms with Gasteiger partial charge in [0.05, 0.1) is 11.6 Å². The Hall–Kier alpha value is -1.46. The van der Waals surface area contributed by atoms with Crippen molar-refractivity contribution >= 4 is 11.6 Å². The molecule has 1 aromatic carbocycles. The molecular formula is C11H11ClFN3O. The highest BCUT2D eigenvalue weighted by Crippen LogP contribution is 2.26. The van der Waals surface area contributed by atoms with E-state index in [1.165, 1.54) is 18.2 Å². The number of halogens is 2.